The predicted molar refractivity (Wildman–Crippen MR) is 132 cm³/mol. The summed E-state index contributed by atoms with van der Waals surface area (Å²) in [5.41, 5.74) is 4.33. The van der Waals surface area contributed by atoms with Gasteiger partial charge in [-0.25, -0.2) is 4.99 Å². The summed E-state index contributed by atoms with van der Waals surface area (Å²) < 4.78 is 5.88. The fraction of sp³-hybridized carbons (Fsp3) is 0.370. The van der Waals surface area contributed by atoms with E-state index in [-0.39, 0.29) is 5.41 Å². The summed E-state index contributed by atoms with van der Waals surface area (Å²) in [6.07, 6.45) is 9.47. The molecular formula is C27H33N3O. The number of nitrogens with zero attached hydrogens (tertiary/aromatic N) is 3. The Kier molecular flexibility index (Phi) is 5.65. The highest BCUT2D eigenvalue weighted by Crippen LogP contribution is 2.54. The third-order valence-electron chi connectivity index (χ3n) is 6.49. The van der Waals surface area contributed by atoms with Crippen molar-refractivity contribution < 1.29 is 4.74 Å². The number of para-hydroxylation sites is 1. The standard InChI is InChI=1S/C27H33N3O/c1-6-31-25-18-20-30-24-13-8-7-12-23(24)26(2,3)27(30,28-25)19-10-9-11-21-14-16-22(17-15-21)29(4)5/h7-17,19H,6,18,20H2,1-5H3. The Labute approximate surface area is 186 Å². The first-order chi connectivity index (χ1) is 14.9. The van der Waals surface area contributed by atoms with Crippen molar-refractivity contribution in [2.45, 2.75) is 38.3 Å². The Morgan fingerprint density at radius 2 is 1.81 bits per heavy atom. The van der Waals surface area contributed by atoms with Crippen molar-refractivity contribution in [3.05, 3.63) is 77.9 Å². The number of ether oxygens (including phenoxy) is 1. The van der Waals surface area contributed by atoms with E-state index in [1.807, 2.05) is 6.92 Å². The molecule has 162 valence electrons. The summed E-state index contributed by atoms with van der Waals surface area (Å²) in [4.78, 5) is 9.76. The van der Waals surface area contributed by atoms with E-state index in [1.165, 1.54) is 22.5 Å². The fourth-order valence-corrected chi connectivity index (χ4v) is 4.75. The van der Waals surface area contributed by atoms with Crippen molar-refractivity contribution in [3.63, 3.8) is 0 Å². The van der Waals surface area contributed by atoms with Crippen LogP contribution in [0.3, 0.4) is 0 Å². The highest BCUT2D eigenvalue weighted by Gasteiger charge is 2.57. The maximum Gasteiger partial charge on any atom is 0.187 e. The van der Waals surface area contributed by atoms with E-state index in [9.17, 15) is 0 Å². The molecular weight excluding hydrogens is 382 g/mol. The first-order valence-corrected chi connectivity index (χ1v) is 11.1. The first-order valence-electron chi connectivity index (χ1n) is 11.1. The molecule has 0 radical (unpaired) electrons. The molecule has 1 unspecified atom stereocenters. The zero-order chi connectivity index (χ0) is 22.1. The third-order valence-corrected chi connectivity index (χ3v) is 6.49. The topological polar surface area (TPSA) is 28.1 Å². The molecule has 1 atom stereocenters. The largest absolute Gasteiger partial charge is 0.481 e. The normalized spacial score (nSPS) is 21.8. The minimum atomic E-state index is -0.488. The molecule has 0 spiro atoms. The van der Waals surface area contributed by atoms with E-state index in [0.717, 1.165) is 18.9 Å². The minimum absolute atomic E-state index is 0.177. The maximum atomic E-state index is 5.88. The molecule has 0 fully saturated rings. The molecule has 4 rings (SSSR count). The van der Waals surface area contributed by atoms with Gasteiger partial charge in [-0.2, -0.15) is 0 Å². The van der Waals surface area contributed by atoms with Gasteiger partial charge in [0.25, 0.3) is 0 Å². The van der Waals surface area contributed by atoms with Crippen LogP contribution in [0.1, 0.15) is 38.3 Å². The van der Waals surface area contributed by atoms with E-state index in [2.05, 4.69) is 111 Å². The summed E-state index contributed by atoms with van der Waals surface area (Å²) in [6, 6.07) is 17.3. The summed E-state index contributed by atoms with van der Waals surface area (Å²) >= 11 is 0. The third kappa shape index (κ3) is 3.65. The van der Waals surface area contributed by atoms with Crippen molar-refractivity contribution >= 4 is 23.3 Å². The van der Waals surface area contributed by atoms with Crippen molar-refractivity contribution in [2.75, 3.05) is 37.0 Å². The SMILES string of the molecule is CCOC1=NC2(C=CC=Cc3ccc(N(C)C)cc3)N(CC1)c1ccccc1C2(C)C. The summed E-state index contributed by atoms with van der Waals surface area (Å²) in [7, 11) is 4.11. The number of fused-ring (bicyclic) bond motifs is 3. The van der Waals surface area contributed by atoms with Crippen LogP contribution in [-0.4, -0.2) is 38.8 Å². The van der Waals surface area contributed by atoms with Crippen LogP contribution >= 0.6 is 0 Å². The van der Waals surface area contributed by atoms with Gasteiger partial charge in [-0.1, -0.05) is 62.4 Å². The van der Waals surface area contributed by atoms with Crippen molar-refractivity contribution in [2.24, 2.45) is 4.99 Å². The Balaban J connectivity index is 1.68. The van der Waals surface area contributed by atoms with Crippen molar-refractivity contribution in [1.82, 2.24) is 0 Å². The van der Waals surface area contributed by atoms with Gasteiger partial charge in [-0.05, 0) is 42.3 Å². The van der Waals surface area contributed by atoms with Crippen molar-refractivity contribution in [1.29, 1.82) is 0 Å². The Bertz CT molecular complexity index is 1020. The number of anilines is 2. The van der Waals surface area contributed by atoms with E-state index < -0.39 is 5.66 Å². The monoisotopic (exact) mass is 415 g/mol. The molecule has 0 saturated heterocycles. The second-order valence-corrected chi connectivity index (χ2v) is 8.91. The van der Waals surface area contributed by atoms with Crippen LogP contribution in [0.4, 0.5) is 11.4 Å². The van der Waals surface area contributed by atoms with Gasteiger partial charge in [0, 0.05) is 43.9 Å². The fourth-order valence-electron chi connectivity index (χ4n) is 4.75. The average Bonchev–Trinajstić information content (AvgIpc) is 2.96. The highest BCUT2D eigenvalue weighted by atomic mass is 16.5. The van der Waals surface area contributed by atoms with Gasteiger partial charge in [-0.3, -0.25) is 0 Å². The average molecular weight is 416 g/mol. The van der Waals surface area contributed by atoms with Gasteiger partial charge in [0.1, 0.15) is 0 Å². The summed E-state index contributed by atoms with van der Waals surface area (Å²) in [6.45, 7) is 8.15. The van der Waals surface area contributed by atoms with E-state index in [0.29, 0.717) is 6.61 Å². The van der Waals surface area contributed by atoms with Gasteiger partial charge < -0.3 is 14.5 Å². The van der Waals surface area contributed by atoms with Crippen molar-refractivity contribution in [3.8, 4) is 0 Å². The number of allylic oxidation sites excluding steroid dienone is 2. The predicted octanol–water partition coefficient (Wildman–Crippen LogP) is 5.65. The lowest BCUT2D eigenvalue weighted by Crippen LogP contribution is -2.56. The molecule has 2 aromatic carbocycles. The molecule has 0 aromatic heterocycles. The molecule has 0 saturated carbocycles. The lowest BCUT2D eigenvalue weighted by Gasteiger charge is -2.45. The van der Waals surface area contributed by atoms with E-state index in [1.54, 1.807) is 0 Å². The molecule has 0 bridgehead atoms. The maximum absolute atomic E-state index is 5.88. The summed E-state index contributed by atoms with van der Waals surface area (Å²) in [5.74, 6) is 0.854. The zero-order valence-corrected chi connectivity index (χ0v) is 19.3. The highest BCUT2D eigenvalue weighted by molar-refractivity contribution is 5.82. The molecule has 4 heteroatoms. The smallest absolute Gasteiger partial charge is 0.187 e. The van der Waals surface area contributed by atoms with Crippen LogP contribution in [0, 0.1) is 0 Å². The molecule has 2 aliphatic rings. The van der Waals surface area contributed by atoms with Gasteiger partial charge in [0.2, 0.25) is 0 Å². The number of rotatable bonds is 5. The second-order valence-electron chi connectivity index (χ2n) is 8.91. The first kappa shape index (κ1) is 21.2. The molecule has 2 heterocycles. The van der Waals surface area contributed by atoms with Gasteiger partial charge in [0.05, 0.1) is 6.61 Å². The van der Waals surface area contributed by atoms with Crippen LogP contribution in [0.2, 0.25) is 0 Å². The zero-order valence-electron chi connectivity index (χ0n) is 19.3. The second kappa shape index (κ2) is 8.26. The molecule has 31 heavy (non-hydrogen) atoms. The molecule has 0 N–H and O–H groups in total. The summed E-state index contributed by atoms with van der Waals surface area (Å²) in [5, 5.41) is 0. The quantitative estimate of drug-likeness (QED) is 0.590. The number of benzene rings is 2. The molecule has 2 aromatic rings. The number of aliphatic imine (C=N–C) groups is 1. The number of hydrogen-bond acceptors (Lipinski definition) is 4. The van der Waals surface area contributed by atoms with E-state index in [4.69, 9.17) is 9.73 Å². The van der Waals surface area contributed by atoms with Gasteiger partial charge >= 0.3 is 0 Å². The lowest BCUT2D eigenvalue weighted by atomic mass is 9.75. The van der Waals surface area contributed by atoms with Crippen LogP contribution in [-0.2, 0) is 10.2 Å². The van der Waals surface area contributed by atoms with Crippen LogP contribution < -0.4 is 9.80 Å². The Morgan fingerprint density at radius 1 is 1.06 bits per heavy atom. The van der Waals surface area contributed by atoms with Crippen LogP contribution in [0.5, 0.6) is 0 Å². The van der Waals surface area contributed by atoms with Crippen LogP contribution in [0.25, 0.3) is 6.08 Å². The van der Waals surface area contributed by atoms with E-state index >= 15 is 0 Å². The lowest BCUT2D eigenvalue weighted by molar-refractivity contribution is 0.272. The number of hydrogen-bond donors (Lipinski definition) is 0. The Hall–Kier alpha value is -3.01. The van der Waals surface area contributed by atoms with Gasteiger partial charge in [-0.15, -0.1) is 0 Å². The molecule has 0 amide bonds. The molecule has 4 nitrogen and oxygen atoms in total. The Morgan fingerprint density at radius 3 is 2.52 bits per heavy atom. The van der Waals surface area contributed by atoms with Gasteiger partial charge in [0.15, 0.2) is 11.6 Å². The molecule has 2 aliphatic heterocycles. The minimum Gasteiger partial charge on any atom is -0.481 e. The van der Waals surface area contributed by atoms with Crippen LogP contribution in [0.15, 0.2) is 71.8 Å². The molecule has 0 aliphatic carbocycles.